The van der Waals surface area contributed by atoms with Gasteiger partial charge in [0.15, 0.2) is 4.80 Å². The van der Waals surface area contributed by atoms with E-state index in [1.165, 1.54) is 11.3 Å². The molecule has 0 fully saturated rings. The molecule has 1 aliphatic heterocycles. The molecule has 0 bridgehead atoms. The van der Waals surface area contributed by atoms with E-state index in [0.29, 0.717) is 37.8 Å². The number of fused-ring (bicyclic) bond motifs is 2. The molecule has 0 radical (unpaired) electrons. The first-order valence-corrected chi connectivity index (χ1v) is 13.9. The first kappa shape index (κ1) is 26.3. The standard InChI is InChI=1S/C33H27N3O4S/c1-20-29(31(37)35-23-10-5-4-6-11-23)30(22-13-16-24(39-2)17-14-22)36-32(38)28(41-33(36)34-20)19-26-25-12-8-7-9-21(25)15-18-27(26)40-3/h4-19,30H,1-3H3,(H,35,37)/b28-19+/t30-/m1/s1. The second kappa shape index (κ2) is 10.9. The van der Waals surface area contributed by atoms with Crippen molar-refractivity contribution in [2.24, 2.45) is 4.99 Å². The van der Waals surface area contributed by atoms with Crippen molar-refractivity contribution in [2.75, 3.05) is 19.5 Å². The van der Waals surface area contributed by atoms with Crippen molar-refractivity contribution in [3.8, 4) is 11.5 Å². The first-order valence-electron chi connectivity index (χ1n) is 13.1. The van der Waals surface area contributed by atoms with Crippen LogP contribution in [0.15, 0.2) is 112 Å². The average molecular weight is 562 g/mol. The summed E-state index contributed by atoms with van der Waals surface area (Å²) in [5.74, 6) is 1.03. The SMILES string of the molecule is COc1ccc([C@@H]2C(C(=O)Nc3ccccc3)=C(C)N=c3s/c(=C/c4c(OC)ccc5ccccc45)c(=O)n32)cc1. The van der Waals surface area contributed by atoms with Crippen LogP contribution in [0.3, 0.4) is 0 Å². The van der Waals surface area contributed by atoms with E-state index >= 15 is 0 Å². The monoisotopic (exact) mass is 561 g/mol. The van der Waals surface area contributed by atoms with Crippen LogP contribution in [-0.2, 0) is 4.79 Å². The number of thiazole rings is 1. The quantitative estimate of drug-likeness (QED) is 0.315. The molecule has 1 aromatic heterocycles. The van der Waals surface area contributed by atoms with E-state index in [1.807, 2.05) is 97.1 Å². The normalized spacial score (nSPS) is 14.9. The molecule has 41 heavy (non-hydrogen) atoms. The molecule has 1 N–H and O–H groups in total. The number of carbonyl (C=O) groups excluding carboxylic acids is 1. The lowest BCUT2D eigenvalue weighted by Crippen LogP contribution is -2.40. The summed E-state index contributed by atoms with van der Waals surface area (Å²) in [6.07, 6.45) is 1.86. The fourth-order valence-corrected chi connectivity index (χ4v) is 6.20. The molecule has 0 saturated carbocycles. The zero-order chi connectivity index (χ0) is 28.5. The van der Waals surface area contributed by atoms with E-state index in [9.17, 15) is 9.59 Å². The molecule has 0 spiro atoms. The summed E-state index contributed by atoms with van der Waals surface area (Å²) >= 11 is 1.29. The molecule has 6 rings (SSSR count). The summed E-state index contributed by atoms with van der Waals surface area (Å²) in [5.41, 5.74) is 2.97. The number of benzene rings is 4. The smallest absolute Gasteiger partial charge is 0.271 e. The molecule has 1 aliphatic rings. The molecule has 4 aromatic carbocycles. The molecule has 204 valence electrons. The number of carbonyl (C=O) groups is 1. The van der Waals surface area contributed by atoms with Gasteiger partial charge in [0.1, 0.15) is 11.5 Å². The van der Waals surface area contributed by atoms with Crippen LogP contribution in [-0.4, -0.2) is 24.7 Å². The Morgan fingerprint density at radius 2 is 1.66 bits per heavy atom. The lowest BCUT2D eigenvalue weighted by molar-refractivity contribution is -0.113. The third-order valence-corrected chi connectivity index (χ3v) is 8.14. The number of amides is 1. The van der Waals surface area contributed by atoms with Crippen LogP contribution in [0.1, 0.15) is 24.1 Å². The highest BCUT2D eigenvalue weighted by Crippen LogP contribution is 2.32. The Bertz CT molecular complexity index is 1990. The Morgan fingerprint density at radius 1 is 0.927 bits per heavy atom. The van der Waals surface area contributed by atoms with Crippen LogP contribution < -0.4 is 29.7 Å². The first-order chi connectivity index (χ1) is 20.0. The number of nitrogens with zero attached hydrogens (tertiary/aromatic N) is 2. The van der Waals surface area contributed by atoms with Crippen molar-refractivity contribution in [1.29, 1.82) is 0 Å². The van der Waals surface area contributed by atoms with Gasteiger partial charge < -0.3 is 14.8 Å². The predicted molar refractivity (Wildman–Crippen MR) is 162 cm³/mol. The number of ether oxygens (including phenoxy) is 2. The van der Waals surface area contributed by atoms with Crippen molar-refractivity contribution < 1.29 is 14.3 Å². The summed E-state index contributed by atoms with van der Waals surface area (Å²) in [4.78, 5) is 33.2. The highest BCUT2D eigenvalue weighted by Gasteiger charge is 2.32. The van der Waals surface area contributed by atoms with Gasteiger partial charge >= 0.3 is 0 Å². The maximum Gasteiger partial charge on any atom is 0.271 e. The Balaban J connectivity index is 1.55. The molecule has 0 unspecified atom stereocenters. The molecule has 0 saturated heterocycles. The van der Waals surface area contributed by atoms with Gasteiger partial charge in [-0.15, -0.1) is 0 Å². The van der Waals surface area contributed by atoms with Crippen LogP contribution in [0.25, 0.3) is 16.8 Å². The van der Waals surface area contributed by atoms with Crippen LogP contribution in [0.4, 0.5) is 5.69 Å². The summed E-state index contributed by atoms with van der Waals surface area (Å²) in [6, 6.07) is 27.9. The van der Waals surface area contributed by atoms with Crippen LogP contribution in [0.5, 0.6) is 11.5 Å². The third-order valence-electron chi connectivity index (χ3n) is 7.16. The molecule has 5 aromatic rings. The van der Waals surface area contributed by atoms with E-state index in [2.05, 4.69) is 5.32 Å². The number of para-hydroxylation sites is 1. The molecule has 1 amide bonds. The van der Waals surface area contributed by atoms with Gasteiger partial charge in [0.2, 0.25) is 0 Å². The number of hydrogen-bond donors (Lipinski definition) is 1. The lowest BCUT2D eigenvalue weighted by Gasteiger charge is -2.25. The number of anilines is 1. The molecular formula is C33H27N3O4S. The van der Waals surface area contributed by atoms with E-state index in [4.69, 9.17) is 14.5 Å². The summed E-state index contributed by atoms with van der Waals surface area (Å²) in [5, 5.41) is 4.99. The minimum Gasteiger partial charge on any atom is -0.497 e. The highest BCUT2D eigenvalue weighted by atomic mass is 32.1. The molecule has 7 nitrogen and oxygen atoms in total. The lowest BCUT2D eigenvalue weighted by atomic mass is 9.95. The second-order valence-corrected chi connectivity index (χ2v) is 10.6. The Kier molecular flexibility index (Phi) is 6.99. The van der Waals surface area contributed by atoms with Gasteiger partial charge in [0.05, 0.1) is 36.1 Å². The Labute approximate surface area is 240 Å². The van der Waals surface area contributed by atoms with Gasteiger partial charge in [-0.05, 0) is 59.7 Å². The van der Waals surface area contributed by atoms with E-state index in [1.54, 1.807) is 25.7 Å². The summed E-state index contributed by atoms with van der Waals surface area (Å²) < 4.78 is 13.1. The van der Waals surface area contributed by atoms with Gasteiger partial charge in [-0.2, -0.15) is 0 Å². The number of nitrogens with one attached hydrogen (secondary N) is 1. The van der Waals surface area contributed by atoms with Crippen molar-refractivity contribution >= 4 is 39.8 Å². The van der Waals surface area contributed by atoms with E-state index in [-0.39, 0.29) is 11.5 Å². The Morgan fingerprint density at radius 3 is 2.39 bits per heavy atom. The number of rotatable bonds is 6. The maximum atomic E-state index is 14.2. The molecule has 0 aliphatic carbocycles. The van der Waals surface area contributed by atoms with Gasteiger partial charge in [0.25, 0.3) is 11.5 Å². The van der Waals surface area contributed by atoms with Crippen molar-refractivity contribution in [3.63, 3.8) is 0 Å². The average Bonchev–Trinajstić information content (AvgIpc) is 3.31. The molecule has 8 heteroatoms. The molecule has 1 atom stereocenters. The van der Waals surface area contributed by atoms with Crippen molar-refractivity contribution in [2.45, 2.75) is 13.0 Å². The highest BCUT2D eigenvalue weighted by molar-refractivity contribution is 7.07. The predicted octanol–water partition coefficient (Wildman–Crippen LogP) is 5.04. The van der Waals surface area contributed by atoms with Gasteiger partial charge in [-0.3, -0.25) is 14.2 Å². The zero-order valence-corrected chi connectivity index (χ0v) is 23.6. The van der Waals surface area contributed by atoms with Crippen LogP contribution in [0, 0.1) is 0 Å². The van der Waals surface area contributed by atoms with Crippen LogP contribution in [0.2, 0.25) is 0 Å². The fraction of sp³-hybridized carbons (Fsp3) is 0.121. The van der Waals surface area contributed by atoms with Crippen molar-refractivity contribution in [3.05, 3.63) is 133 Å². The number of methoxy groups -OCH3 is 2. The minimum atomic E-state index is -0.683. The third kappa shape index (κ3) is 4.83. The van der Waals surface area contributed by atoms with E-state index < -0.39 is 6.04 Å². The van der Waals surface area contributed by atoms with Gasteiger partial charge in [0, 0.05) is 11.3 Å². The molecule has 2 heterocycles. The van der Waals surface area contributed by atoms with Crippen LogP contribution >= 0.6 is 11.3 Å². The fourth-order valence-electron chi connectivity index (χ4n) is 5.17. The maximum absolute atomic E-state index is 14.2. The van der Waals surface area contributed by atoms with Gasteiger partial charge in [-0.1, -0.05) is 72.0 Å². The topological polar surface area (TPSA) is 81.9 Å². The zero-order valence-electron chi connectivity index (χ0n) is 22.8. The van der Waals surface area contributed by atoms with Gasteiger partial charge in [-0.25, -0.2) is 4.99 Å². The number of aromatic nitrogens is 1. The summed E-state index contributed by atoms with van der Waals surface area (Å²) in [7, 11) is 3.22. The van der Waals surface area contributed by atoms with Crippen molar-refractivity contribution in [1.82, 2.24) is 4.57 Å². The Hall–Kier alpha value is -4.95. The number of hydrogen-bond acceptors (Lipinski definition) is 6. The largest absolute Gasteiger partial charge is 0.497 e. The minimum absolute atomic E-state index is 0.234. The molecular weight excluding hydrogens is 534 g/mol. The van der Waals surface area contributed by atoms with E-state index in [0.717, 1.165) is 21.9 Å². The number of allylic oxidation sites excluding steroid dienone is 1. The second-order valence-electron chi connectivity index (χ2n) is 9.58. The summed E-state index contributed by atoms with van der Waals surface area (Å²) in [6.45, 7) is 1.81.